The van der Waals surface area contributed by atoms with E-state index >= 15 is 0 Å². The van der Waals surface area contributed by atoms with Gasteiger partial charge in [0.05, 0.1) is 17.8 Å². The molecule has 150 valence electrons. The van der Waals surface area contributed by atoms with Crippen LogP contribution in [0.4, 0.5) is 11.4 Å². The van der Waals surface area contributed by atoms with Crippen molar-refractivity contribution in [1.29, 1.82) is 0 Å². The molecule has 7 nitrogen and oxygen atoms in total. The molecule has 29 heavy (non-hydrogen) atoms. The molecule has 8 heteroatoms. The number of amides is 2. The molecular formula is C21H19ClN2O5. The zero-order valence-corrected chi connectivity index (χ0v) is 16.6. The number of methoxy groups -OCH3 is 1. The highest BCUT2D eigenvalue weighted by Crippen LogP contribution is 2.28. The highest BCUT2D eigenvalue weighted by atomic mass is 35.5. The molecule has 0 unspecified atom stereocenters. The minimum Gasteiger partial charge on any atom is -0.493 e. The first kappa shape index (κ1) is 20.3. The summed E-state index contributed by atoms with van der Waals surface area (Å²) in [5.41, 5.74) is 0.934. The van der Waals surface area contributed by atoms with Crippen molar-refractivity contribution >= 4 is 34.8 Å². The van der Waals surface area contributed by atoms with Gasteiger partial charge in [-0.15, -0.1) is 0 Å². The normalized spacial score (nSPS) is 10.3. The van der Waals surface area contributed by atoms with Gasteiger partial charge in [0.25, 0.3) is 5.91 Å². The Morgan fingerprint density at radius 1 is 1.03 bits per heavy atom. The number of anilines is 2. The van der Waals surface area contributed by atoms with E-state index in [2.05, 4.69) is 10.6 Å². The van der Waals surface area contributed by atoms with Gasteiger partial charge in [-0.2, -0.15) is 0 Å². The number of hydrogen-bond acceptors (Lipinski definition) is 5. The number of carbonyl (C=O) groups is 2. The van der Waals surface area contributed by atoms with Crippen LogP contribution in [0.2, 0.25) is 5.02 Å². The van der Waals surface area contributed by atoms with E-state index in [1.807, 2.05) is 12.1 Å². The van der Waals surface area contributed by atoms with Gasteiger partial charge in [0.2, 0.25) is 5.91 Å². The van der Waals surface area contributed by atoms with E-state index in [0.717, 1.165) is 0 Å². The number of halogens is 1. The van der Waals surface area contributed by atoms with Gasteiger partial charge in [0, 0.05) is 12.6 Å². The fraction of sp³-hybridized carbons (Fsp3) is 0.143. The van der Waals surface area contributed by atoms with E-state index in [0.29, 0.717) is 28.6 Å². The molecule has 0 radical (unpaired) electrons. The Balaban J connectivity index is 1.63. The van der Waals surface area contributed by atoms with Crippen LogP contribution in [-0.2, 0) is 11.4 Å². The maximum Gasteiger partial charge on any atom is 0.291 e. The molecule has 0 aliphatic carbocycles. The summed E-state index contributed by atoms with van der Waals surface area (Å²) in [7, 11) is 1.56. The Morgan fingerprint density at radius 2 is 1.79 bits per heavy atom. The summed E-state index contributed by atoms with van der Waals surface area (Å²) in [5, 5.41) is 5.58. The molecule has 1 heterocycles. The minimum absolute atomic E-state index is 0.116. The van der Waals surface area contributed by atoms with Gasteiger partial charge < -0.3 is 24.5 Å². The summed E-state index contributed by atoms with van der Waals surface area (Å²) in [6.45, 7) is 1.54. The van der Waals surface area contributed by atoms with Crippen LogP contribution in [0.15, 0.2) is 59.0 Å². The predicted molar refractivity (Wildman–Crippen MR) is 110 cm³/mol. The summed E-state index contributed by atoms with van der Waals surface area (Å²) in [5.74, 6) is 1.11. The number of ether oxygens (including phenoxy) is 2. The predicted octanol–water partition coefficient (Wildman–Crippen LogP) is 4.73. The largest absolute Gasteiger partial charge is 0.493 e. The molecule has 3 aromatic rings. The third kappa shape index (κ3) is 5.30. The van der Waals surface area contributed by atoms with Crippen LogP contribution in [0, 0.1) is 0 Å². The number of rotatable bonds is 7. The monoisotopic (exact) mass is 414 g/mol. The molecular weight excluding hydrogens is 396 g/mol. The summed E-state index contributed by atoms with van der Waals surface area (Å²) in [6, 6.07) is 15.2. The van der Waals surface area contributed by atoms with Crippen LogP contribution in [-0.4, -0.2) is 18.9 Å². The maximum atomic E-state index is 12.4. The molecule has 0 atom stereocenters. The molecule has 0 fully saturated rings. The van der Waals surface area contributed by atoms with Crippen LogP contribution in [0.3, 0.4) is 0 Å². The van der Waals surface area contributed by atoms with Gasteiger partial charge in [0.1, 0.15) is 12.4 Å². The van der Waals surface area contributed by atoms with Gasteiger partial charge in [-0.05, 0) is 42.5 Å². The quantitative estimate of drug-likeness (QED) is 0.583. The Hall–Kier alpha value is -3.45. The standard InChI is InChI=1S/C21H19ClN2O5/c1-13(25)23-14-7-9-17(16(22)11-14)24-21(26)20-10-8-15(29-20)12-28-19-6-4-3-5-18(19)27-2/h3-11H,12H2,1-2H3,(H,23,25)(H,24,26). The second-order valence-corrected chi connectivity index (χ2v) is 6.44. The van der Waals surface area contributed by atoms with Crippen LogP contribution < -0.4 is 20.1 Å². The Kier molecular flexibility index (Phi) is 6.41. The first-order chi connectivity index (χ1) is 14.0. The third-order valence-electron chi connectivity index (χ3n) is 3.86. The van der Waals surface area contributed by atoms with Crippen LogP contribution in [0.1, 0.15) is 23.2 Å². The Bertz CT molecular complexity index is 1030. The lowest BCUT2D eigenvalue weighted by molar-refractivity contribution is -0.114. The second kappa shape index (κ2) is 9.16. The topological polar surface area (TPSA) is 89.8 Å². The van der Waals surface area contributed by atoms with Gasteiger partial charge in [0.15, 0.2) is 17.3 Å². The van der Waals surface area contributed by atoms with Gasteiger partial charge in [-0.25, -0.2) is 0 Å². The average Bonchev–Trinajstić information content (AvgIpc) is 3.17. The number of nitrogens with one attached hydrogen (secondary N) is 2. The van der Waals surface area contributed by atoms with E-state index in [9.17, 15) is 9.59 Å². The van der Waals surface area contributed by atoms with Crippen molar-refractivity contribution in [2.24, 2.45) is 0 Å². The lowest BCUT2D eigenvalue weighted by Crippen LogP contribution is -2.12. The number of hydrogen-bond donors (Lipinski definition) is 2. The van der Waals surface area contributed by atoms with Gasteiger partial charge >= 0.3 is 0 Å². The average molecular weight is 415 g/mol. The lowest BCUT2D eigenvalue weighted by atomic mass is 10.2. The van der Waals surface area contributed by atoms with E-state index in [4.69, 9.17) is 25.5 Å². The van der Waals surface area contributed by atoms with Gasteiger partial charge in [-0.3, -0.25) is 9.59 Å². The second-order valence-electron chi connectivity index (χ2n) is 6.04. The van der Waals surface area contributed by atoms with Crippen LogP contribution >= 0.6 is 11.6 Å². The van der Waals surface area contributed by atoms with Crippen molar-refractivity contribution in [3.05, 3.63) is 71.1 Å². The molecule has 0 saturated carbocycles. The van der Waals surface area contributed by atoms with Crippen molar-refractivity contribution in [2.75, 3.05) is 17.7 Å². The number of furan rings is 1. The maximum absolute atomic E-state index is 12.4. The summed E-state index contributed by atoms with van der Waals surface area (Å²) >= 11 is 6.17. The van der Waals surface area contributed by atoms with E-state index in [1.54, 1.807) is 49.6 Å². The fourth-order valence-electron chi connectivity index (χ4n) is 2.55. The van der Waals surface area contributed by atoms with Crippen LogP contribution in [0.25, 0.3) is 0 Å². The molecule has 0 aliphatic rings. The number of para-hydroxylation sites is 2. The highest BCUT2D eigenvalue weighted by molar-refractivity contribution is 6.34. The number of benzene rings is 2. The molecule has 0 aliphatic heterocycles. The number of carbonyl (C=O) groups excluding carboxylic acids is 2. The Labute approximate surface area is 172 Å². The van der Waals surface area contributed by atoms with Gasteiger partial charge in [-0.1, -0.05) is 23.7 Å². The first-order valence-electron chi connectivity index (χ1n) is 8.69. The van der Waals surface area contributed by atoms with E-state index in [-0.39, 0.29) is 23.3 Å². The van der Waals surface area contributed by atoms with Crippen LogP contribution in [0.5, 0.6) is 11.5 Å². The third-order valence-corrected chi connectivity index (χ3v) is 4.17. The van der Waals surface area contributed by atoms with E-state index < -0.39 is 5.91 Å². The molecule has 2 aromatic carbocycles. The summed E-state index contributed by atoms with van der Waals surface area (Å²) < 4.78 is 16.5. The van der Waals surface area contributed by atoms with Crippen molar-refractivity contribution < 1.29 is 23.5 Å². The smallest absolute Gasteiger partial charge is 0.291 e. The minimum atomic E-state index is -0.456. The molecule has 0 saturated heterocycles. The molecule has 3 rings (SSSR count). The zero-order valence-electron chi connectivity index (χ0n) is 15.8. The Morgan fingerprint density at radius 3 is 2.48 bits per heavy atom. The molecule has 2 amide bonds. The summed E-state index contributed by atoms with van der Waals surface area (Å²) in [6.07, 6.45) is 0. The molecule has 1 aromatic heterocycles. The molecule has 0 bridgehead atoms. The SMILES string of the molecule is COc1ccccc1OCc1ccc(C(=O)Nc2ccc(NC(C)=O)cc2Cl)o1. The molecule has 2 N–H and O–H groups in total. The molecule has 0 spiro atoms. The van der Waals surface area contributed by atoms with E-state index in [1.165, 1.54) is 6.92 Å². The van der Waals surface area contributed by atoms with Crippen molar-refractivity contribution in [3.63, 3.8) is 0 Å². The highest BCUT2D eigenvalue weighted by Gasteiger charge is 2.14. The summed E-state index contributed by atoms with van der Waals surface area (Å²) in [4.78, 5) is 23.5. The zero-order chi connectivity index (χ0) is 20.8. The fourth-order valence-corrected chi connectivity index (χ4v) is 2.77. The van der Waals surface area contributed by atoms with Crippen molar-refractivity contribution in [2.45, 2.75) is 13.5 Å². The lowest BCUT2D eigenvalue weighted by Gasteiger charge is -2.09. The van der Waals surface area contributed by atoms with Crippen molar-refractivity contribution in [3.8, 4) is 11.5 Å². The first-order valence-corrected chi connectivity index (χ1v) is 9.07. The van der Waals surface area contributed by atoms with Crippen molar-refractivity contribution in [1.82, 2.24) is 0 Å².